The van der Waals surface area contributed by atoms with Crippen LogP contribution in [0.3, 0.4) is 0 Å². The standard InChI is InChI=1S/C16H21N3O2S/c1-21-19-6-4-13(5-7-19)22-10-12-9-18-15-3-2-11(16(17)20)8-14(12)15/h2-3,8-9,13,18H,4-7,10H2,1H3,(H2,17,20). The summed E-state index contributed by atoms with van der Waals surface area (Å²) in [6, 6.07) is 5.57. The molecule has 0 aliphatic carbocycles. The smallest absolute Gasteiger partial charge is 0.248 e. The summed E-state index contributed by atoms with van der Waals surface area (Å²) < 4.78 is 0. The molecule has 1 aliphatic heterocycles. The van der Waals surface area contributed by atoms with E-state index in [1.807, 2.05) is 35.2 Å². The number of benzene rings is 1. The second-order valence-electron chi connectivity index (χ2n) is 5.56. The van der Waals surface area contributed by atoms with Gasteiger partial charge in [0.25, 0.3) is 0 Å². The molecular formula is C16H21N3O2S. The molecular weight excluding hydrogens is 298 g/mol. The Morgan fingerprint density at radius 3 is 2.91 bits per heavy atom. The van der Waals surface area contributed by atoms with Gasteiger partial charge in [-0.15, -0.1) is 0 Å². The van der Waals surface area contributed by atoms with Crippen molar-refractivity contribution in [2.75, 3.05) is 20.2 Å². The molecule has 0 radical (unpaired) electrons. The topological polar surface area (TPSA) is 71.3 Å². The number of hydrogen-bond acceptors (Lipinski definition) is 4. The van der Waals surface area contributed by atoms with E-state index in [4.69, 9.17) is 10.6 Å². The van der Waals surface area contributed by atoms with E-state index < -0.39 is 0 Å². The maximum absolute atomic E-state index is 11.3. The van der Waals surface area contributed by atoms with Crippen LogP contribution in [0, 0.1) is 0 Å². The van der Waals surface area contributed by atoms with Gasteiger partial charge in [-0.1, -0.05) is 0 Å². The average Bonchev–Trinajstić information content (AvgIpc) is 2.95. The summed E-state index contributed by atoms with van der Waals surface area (Å²) in [5.74, 6) is 0.563. The van der Waals surface area contributed by atoms with Crippen LogP contribution in [0.2, 0.25) is 0 Å². The Morgan fingerprint density at radius 1 is 1.45 bits per heavy atom. The molecule has 1 aliphatic rings. The zero-order chi connectivity index (χ0) is 15.5. The lowest BCUT2D eigenvalue weighted by atomic mass is 10.1. The van der Waals surface area contributed by atoms with Crippen molar-refractivity contribution in [2.24, 2.45) is 5.73 Å². The van der Waals surface area contributed by atoms with Crippen molar-refractivity contribution < 1.29 is 9.63 Å². The van der Waals surface area contributed by atoms with Crippen molar-refractivity contribution in [3.63, 3.8) is 0 Å². The van der Waals surface area contributed by atoms with E-state index in [0.29, 0.717) is 10.8 Å². The molecule has 0 bridgehead atoms. The minimum absolute atomic E-state index is 0.381. The number of primary amides is 1. The third-order valence-electron chi connectivity index (χ3n) is 4.19. The molecule has 0 unspecified atom stereocenters. The number of amides is 1. The molecule has 2 aromatic rings. The van der Waals surface area contributed by atoms with E-state index in [-0.39, 0.29) is 5.91 Å². The Balaban J connectivity index is 1.66. The van der Waals surface area contributed by atoms with E-state index in [9.17, 15) is 4.79 Å². The summed E-state index contributed by atoms with van der Waals surface area (Å²) in [5.41, 5.74) is 8.22. The van der Waals surface area contributed by atoms with E-state index >= 15 is 0 Å². The number of piperidine rings is 1. The van der Waals surface area contributed by atoms with E-state index in [0.717, 1.165) is 42.6 Å². The number of carbonyl (C=O) groups is 1. The quantitative estimate of drug-likeness (QED) is 0.888. The lowest BCUT2D eigenvalue weighted by Gasteiger charge is -2.29. The molecule has 118 valence electrons. The second kappa shape index (κ2) is 6.73. The highest BCUT2D eigenvalue weighted by Gasteiger charge is 2.19. The Hall–Kier alpha value is -1.50. The summed E-state index contributed by atoms with van der Waals surface area (Å²) in [5, 5.41) is 3.77. The van der Waals surface area contributed by atoms with Crippen molar-refractivity contribution in [3.8, 4) is 0 Å². The number of thioether (sulfide) groups is 1. The number of carbonyl (C=O) groups excluding carboxylic acids is 1. The molecule has 5 nitrogen and oxygen atoms in total. The maximum atomic E-state index is 11.3. The van der Waals surface area contributed by atoms with Crippen molar-refractivity contribution in [1.29, 1.82) is 0 Å². The van der Waals surface area contributed by atoms with Crippen LogP contribution in [0.4, 0.5) is 0 Å². The van der Waals surface area contributed by atoms with Crippen LogP contribution in [-0.4, -0.2) is 41.4 Å². The number of rotatable bonds is 5. The number of hydrogen-bond donors (Lipinski definition) is 2. The number of H-pyrrole nitrogens is 1. The average molecular weight is 319 g/mol. The Morgan fingerprint density at radius 2 is 2.23 bits per heavy atom. The van der Waals surface area contributed by atoms with Gasteiger partial charge in [-0.3, -0.25) is 4.79 Å². The molecule has 22 heavy (non-hydrogen) atoms. The molecule has 1 aromatic carbocycles. The molecule has 0 saturated carbocycles. The van der Waals surface area contributed by atoms with Crippen LogP contribution in [0.1, 0.15) is 28.8 Å². The first kappa shape index (κ1) is 15.4. The summed E-state index contributed by atoms with van der Waals surface area (Å²) >= 11 is 1.98. The first-order valence-corrected chi connectivity index (χ1v) is 8.52. The highest BCUT2D eigenvalue weighted by molar-refractivity contribution is 7.99. The lowest BCUT2D eigenvalue weighted by Crippen LogP contribution is -2.33. The van der Waals surface area contributed by atoms with Crippen molar-refractivity contribution in [1.82, 2.24) is 10.0 Å². The SMILES string of the molecule is CON1CCC(SCc2c[nH]c3ccc(C(N)=O)cc23)CC1. The number of aromatic amines is 1. The fraction of sp³-hybridized carbons (Fsp3) is 0.438. The van der Waals surface area contributed by atoms with Crippen molar-refractivity contribution >= 4 is 28.6 Å². The van der Waals surface area contributed by atoms with Crippen molar-refractivity contribution in [3.05, 3.63) is 35.5 Å². The monoisotopic (exact) mass is 319 g/mol. The second-order valence-corrected chi connectivity index (χ2v) is 6.85. The first-order chi connectivity index (χ1) is 10.7. The third kappa shape index (κ3) is 3.29. The van der Waals surface area contributed by atoms with Gasteiger partial charge < -0.3 is 15.6 Å². The summed E-state index contributed by atoms with van der Waals surface area (Å²) in [7, 11) is 1.73. The minimum atomic E-state index is -0.381. The Bertz CT molecular complexity index is 662. The molecule has 3 rings (SSSR count). The van der Waals surface area contributed by atoms with Gasteiger partial charge in [-0.2, -0.15) is 16.8 Å². The minimum Gasteiger partial charge on any atom is -0.366 e. The predicted octanol–water partition coefficient (Wildman–Crippen LogP) is 2.53. The number of hydroxylamine groups is 2. The first-order valence-electron chi connectivity index (χ1n) is 7.48. The molecule has 1 aromatic heterocycles. The Kier molecular flexibility index (Phi) is 4.71. The molecule has 0 atom stereocenters. The van der Waals surface area contributed by atoms with Crippen LogP contribution in [0.15, 0.2) is 24.4 Å². The summed E-state index contributed by atoms with van der Waals surface area (Å²) in [4.78, 5) is 19.9. The number of nitrogens with zero attached hydrogens (tertiary/aromatic N) is 1. The van der Waals surface area contributed by atoms with Gasteiger partial charge in [0.05, 0.1) is 7.11 Å². The van der Waals surface area contributed by atoms with Gasteiger partial charge in [0, 0.05) is 46.8 Å². The van der Waals surface area contributed by atoms with Gasteiger partial charge in [0.15, 0.2) is 0 Å². The van der Waals surface area contributed by atoms with Gasteiger partial charge in [0.2, 0.25) is 5.91 Å². The zero-order valence-corrected chi connectivity index (χ0v) is 13.5. The molecule has 6 heteroatoms. The fourth-order valence-corrected chi connectivity index (χ4v) is 4.04. The number of nitrogens with one attached hydrogen (secondary N) is 1. The highest BCUT2D eigenvalue weighted by Crippen LogP contribution is 2.29. The molecule has 1 amide bonds. The fourth-order valence-electron chi connectivity index (χ4n) is 2.84. The maximum Gasteiger partial charge on any atom is 0.248 e. The molecule has 1 saturated heterocycles. The van der Waals surface area contributed by atoms with Crippen molar-refractivity contribution in [2.45, 2.75) is 23.8 Å². The summed E-state index contributed by atoms with van der Waals surface area (Å²) in [6.07, 6.45) is 4.33. The van der Waals surface area contributed by atoms with Gasteiger partial charge in [0.1, 0.15) is 0 Å². The number of nitrogens with two attached hydrogens (primary N) is 1. The molecule has 3 N–H and O–H groups in total. The van der Waals surface area contributed by atoms with Crippen LogP contribution in [0.25, 0.3) is 10.9 Å². The summed E-state index contributed by atoms with van der Waals surface area (Å²) in [6.45, 7) is 1.99. The molecule has 2 heterocycles. The normalized spacial score (nSPS) is 17.1. The zero-order valence-electron chi connectivity index (χ0n) is 12.7. The lowest BCUT2D eigenvalue weighted by molar-refractivity contribution is -0.140. The number of fused-ring (bicyclic) bond motifs is 1. The largest absolute Gasteiger partial charge is 0.366 e. The van der Waals surface area contributed by atoms with Gasteiger partial charge in [-0.25, -0.2) is 0 Å². The van der Waals surface area contributed by atoms with E-state index in [1.54, 1.807) is 13.2 Å². The van der Waals surface area contributed by atoms with Crippen LogP contribution in [-0.2, 0) is 10.6 Å². The van der Waals surface area contributed by atoms with E-state index in [2.05, 4.69) is 4.98 Å². The highest BCUT2D eigenvalue weighted by atomic mass is 32.2. The third-order valence-corrected chi connectivity index (χ3v) is 5.61. The van der Waals surface area contributed by atoms with Crippen LogP contribution < -0.4 is 5.73 Å². The predicted molar refractivity (Wildman–Crippen MR) is 89.7 cm³/mol. The van der Waals surface area contributed by atoms with E-state index in [1.165, 1.54) is 5.56 Å². The molecule has 0 spiro atoms. The van der Waals surface area contributed by atoms with Gasteiger partial charge in [-0.05, 0) is 36.6 Å². The number of aromatic nitrogens is 1. The van der Waals surface area contributed by atoms with Crippen LogP contribution in [0.5, 0.6) is 0 Å². The Labute approximate surface area is 134 Å². The molecule has 1 fully saturated rings. The van der Waals surface area contributed by atoms with Crippen LogP contribution >= 0.6 is 11.8 Å². The van der Waals surface area contributed by atoms with Gasteiger partial charge >= 0.3 is 0 Å².